The van der Waals surface area contributed by atoms with Crippen LogP contribution in [0.3, 0.4) is 0 Å². The van der Waals surface area contributed by atoms with Crippen molar-refractivity contribution in [1.29, 1.82) is 0 Å². The number of hydrogen-bond acceptors (Lipinski definition) is 5. The number of nitrogens with zero attached hydrogens (tertiary/aromatic N) is 2. The molecule has 0 bridgehead atoms. The summed E-state index contributed by atoms with van der Waals surface area (Å²) in [5.74, 6) is -0.0583. The highest BCUT2D eigenvalue weighted by molar-refractivity contribution is 7.92. The van der Waals surface area contributed by atoms with E-state index < -0.39 is 22.0 Å². The molecule has 1 atom stereocenters. The number of carbonyl (C=O) groups excluding carboxylic acids is 1. The molecule has 0 saturated heterocycles. The number of hydrogen-bond donors (Lipinski definition) is 1. The van der Waals surface area contributed by atoms with Crippen molar-refractivity contribution < 1.29 is 17.9 Å². The molecule has 0 aliphatic rings. The molecule has 1 N–H and O–H groups in total. The van der Waals surface area contributed by atoms with E-state index in [4.69, 9.17) is 16.3 Å². The first-order chi connectivity index (χ1) is 15.2. The largest absolute Gasteiger partial charge is 0.495 e. The quantitative estimate of drug-likeness (QED) is 0.531. The number of ether oxygens (including phenoxy) is 1. The molecule has 3 aromatic rings. The van der Waals surface area contributed by atoms with Crippen LogP contribution in [0.15, 0.2) is 67.0 Å². The Morgan fingerprint density at radius 3 is 2.28 bits per heavy atom. The van der Waals surface area contributed by atoms with Crippen molar-refractivity contribution in [2.75, 3.05) is 23.0 Å². The second-order valence-electron chi connectivity index (χ2n) is 7.27. The van der Waals surface area contributed by atoms with Gasteiger partial charge in [-0.15, -0.1) is 0 Å². The van der Waals surface area contributed by atoms with Crippen LogP contribution in [0.4, 0.5) is 11.4 Å². The maximum atomic E-state index is 12.9. The van der Waals surface area contributed by atoms with E-state index in [0.717, 1.165) is 28.1 Å². The molecule has 1 heterocycles. The lowest BCUT2D eigenvalue weighted by atomic mass is 10.1. The number of rotatable bonds is 8. The van der Waals surface area contributed by atoms with Crippen molar-refractivity contribution in [2.24, 2.45) is 0 Å². The SMILES string of the molecule is COc1ccc(N([C@@H](C)C(=O)Nc2ccc(Cc3ccncc3)cc2)S(C)(=O)=O)cc1Cl. The molecule has 0 radical (unpaired) electrons. The van der Waals surface area contributed by atoms with Gasteiger partial charge in [-0.25, -0.2) is 8.42 Å². The number of nitrogens with one attached hydrogen (secondary N) is 1. The van der Waals surface area contributed by atoms with Gasteiger partial charge in [-0.05, 0) is 66.9 Å². The molecule has 3 rings (SSSR count). The van der Waals surface area contributed by atoms with E-state index in [1.54, 1.807) is 36.7 Å². The number of halogens is 1. The van der Waals surface area contributed by atoms with Crippen molar-refractivity contribution in [3.05, 3.63) is 83.1 Å². The minimum Gasteiger partial charge on any atom is -0.495 e. The first-order valence-electron chi connectivity index (χ1n) is 9.80. The topological polar surface area (TPSA) is 88.6 Å². The van der Waals surface area contributed by atoms with Crippen molar-refractivity contribution >= 4 is 38.9 Å². The summed E-state index contributed by atoms with van der Waals surface area (Å²) in [5.41, 5.74) is 3.05. The van der Waals surface area contributed by atoms with E-state index >= 15 is 0 Å². The Morgan fingerprint density at radius 1 is 1.09 bits per heavy atom. The maximum absolute atomic E-state index is 12.9. The standard InChI is InChI=1S/C23H24ClN3O4S/c1-16(27(32(3,29)30)20-8-9-22(31-2)21(24)15-20)23(28)26-19-6-4-17(5-7-19)14-18-10-12-25-13-11-18/h4-13,15-16H,14H2,1-3H3,(H,26,28)/t16-/m0/s1. The van der Waals surface area contributed by atoms with Crippen LogP contribution in [0, 0.1) is 0 Å². The highest BCUT2D eigenvalue weighted by Gasteiger charge is 2.29. The van der Waals surface area contributed by atoms with E-state index in [0.29, 0.717) is 11.4 Å². The lowest BCUT2D eigenvalue weighted by molar-refractivity contribution is -0.116. The summed E-state index contributed by atoms with van der Waals surface area (Å²) in [6.07, 6.45) is 5.28. The van der Waals surface area contributed by atoms with Crippen LogP contribution in [0.1, 0.15) is 18.1 Å². The van der Waals surface area contributed by atoms with Crippen molar-refractivity contribution in [1.82, 2.24) is 4.98 Å². The molecule has 0 aliphatic carbocycles. The molecule has 0 unspecified atom stereocenters. The van der Waals surface area contributed by atoms with Gasteiger partial charge in [0, 0.05) is 18.1 Å². The van der Waals surface area contributed by atoms with E-state index in [-0.39, 0.29) is 10.7 Å². The molecular formula is C23H24ClN3O4S. The number of benzene rings is 2. The van der Waals surface area contributed by atoms with E-state index in [1.807, 2.05) is 24.3 Å². The van der Waals surface area contributed by atoms with E-state index in [9.17, 15) is 13.2 Å². The minimum absolute atomic E-state index is 0.246. The third-order valence-electron chi connectivity index (χ3n) is 4.86. The Labute approximate surface area is 193 Å². The first kappa shape index (κ1) is 23.6. The molecule has 32 heavy (non-hydrogen) atoms. The molecule has 0 aliphatic heterocycles. The lowest BCUT2D eigenvalue weighted by Gasteiger charge is -2.28. The number of sulfonamides is 1. The van der Waals surface area contributed by atoms with Gasteiger partial charge < -0.3 is 10.1 Å². The first-order valence-corrected chi connectivity index (χ1v) is 12.0. The van der Waals surface area contributed by atoms with Crippen LogP contribution in [0.25, 0.3) is 0 Å². The van der Waals surface area contributed by atoms with Gasteiger partial charge in [0.1, 0.15) is 11.8 Å². The molecule has 1 amide bonds. The maximum Gasteiger partial charge on any atom is 0.247 e. The molecule has 7 nitrogen and oxygen atoms in total. The Morgan fingerprint density at radius 2 is 1.72 bits per heavy atom. The molecule has 9 heteroatoms. The zero-order valence-corrected chi connectivity index (χ0v) is 19.5. The predicted octanol–water partition coefficient (Wildman–Crippen LogP) is 4.13. The van der Waals surface area contributed by atoms with Gasteiger partial charge in [0.2, 0.25) is 15.9 Å². The summed E-state index contributed by atoms with van der Waals surface area (Å²) in [6, 6.07) is 14.9. The average Bonchev–Trinajstić information content (AvgIpc) is 2.75. The number of anilines is 2. The van der Waals surface area contributed by atoms with Gasteiger partial charge in [-0.2, -0.15) is 0 Å². The van der Waals surface area contributed by atoms with Crippen LogP contribution < -0.4 is 14.4 Å². The third-order valence-corrected chi connectivity index (χ3v) is 6.39. The number of carbonyl (C=O) groups is 1. The molecule has 0 saturated carbocycles. The second kappa shape index (κ2) is 10.0. The van der Waals surface area contributed by atoms with Gasteiger partial charge >= 0.3 is 0 Å². The van der Waals surface area contributed by atoms with Crippen LogP contribution in [-0.2, 0) is 21.2 Å². The lowest BCUT2D eigenvalue weighted by Crippen LogP contribution is -2.45. The normalized spacial score (nSPS) is 12.1. The van der Waals surface area contributed by atoms with E-state index in [1.165, 1.54) is 20.1 Å². The summed E-state index contributed by atoms with van der Waals surface area (Å²) in [4.78, 5) is 16.9. The van der Waals surface area contributed by atoms with Gasteiger partial charge in [-0.1, -0.05) is 23.7 Å². The number of aromatic nitrogens is 1. The fraction of sp³-hybridized carbons (Fsp3) is 0.217. The Hall–Kier alpha value is -3.10. The van der Waals surface area contributed by atoms with Crippen molar-refractivity contribution in [2.45, 2.75) is 19.4 Å². The summed E-state index contributed by atoms with van der Waals surface area (Å²) < 4.78 is 31.1. The highest BCUT2D eigenvalue weighted by atomic mass is 35.5. The zero-order chi connectivity index (χ0) is 23.3. The summed E-state index contributed by atoms with van der Waals surface area (Å²) in [7, 11) is -2.30. The molecule has 2 aromatic carbocycles. The highest BCUT2D eigenvalue weighted by Crippen LogP contribution is 2.31. The summed E-state index contributed by atoms with van der Waals surface area (Å²) in [5, 5.41) is 3.03. The summed E-state index contributed by atoms with van der Waals surface area (Å²) >= 11 is 6.16. The third kappa shape index (κ3) is 5.77. The zero-order valence-electron chi connectivity index (χ0n) is 17.9. The number of amides is 1. The monoisotopic (exact) mass is 473 g/mol. The van der Waals surface area contributed by atoms with Crippen molar-refractivity contribution in [3.8, 4) is 5.75 Å². The van der Waals surface area contributed by atoms with Gasteiger partial charge in [0.15, 0.2) is 0 Å². The molecule has 0 spiro atoms. The number of methoxy groups -OCH3 is 1. The predicted molar refractivity (Wildman–Crippen MR) is 127 cm³/mol. The number of pyridine rings is 1. The second-order valence-corrected chi connectivity index (χ2v) is 9.54. The molecule has 168 valence electrons. The van der Waals surface area contributed by atoms with Gasteiger partial charge in [-0.3, -0.25) is 14.1 Å². The Bertz CT molecular complexity index is 1190. The van der Waals surface area contributed by atoms with Crippen LogP contribution in [0.2, 0.25) is 5.02 Å². The van der Waals surface area contributed by atoms with Crippen LogP contribution in [-0.4, -0.2) is 38.7 Å². The van der Waals surface area contributed by atoms with Gasteiger partial charge in [0.05, 0.1) is 24.1 Å². The smallest absolute Gasteiger partial charge is 0.247 e. The van der Waals surface area contributed by atoms with Crippen LogP contribution >= 0.6 is 11.6 Å². The van der Waals surface area contributed by atoms with Crippen LogP contribution in [0.5, 0.6) is 5.75 Å². The fourth-order valence-corrected chi connectivity index (χ4v) is 4.71. The average molecular weight is 474 g/mol. The van der Waals surface area contributed by atoms with Crippen molar-refractivity contribution in [3.63, 3.8) is 0 Å². The summed E-state index contributed by atoms with van der Waals surface area (Å²) in [6.45, 7) is 1.52. The minimum atomic E-state index is -3.76. The Kier molecular flexibility index (Phi) is 7.37. The molecular weight excluding hydrogens is 450 g/mol. The van der Waals surface area contributed by atoms with Gasteiger partial charge in [0.25, 0.3) is 0 Å². The Balaban J connectivity index is 1.75. The molecule has 0 fully saturated rings. The fourth-order valence-electron chi connectivity index (χ4n) is 3.29. The van der Waals surface area contributed by atoms with E-state index in [2.05, 4.69) is 10.3 Å². The molecule has 1 aromatic heterocycles.